The molecule has 0 spiro atoms. The van der Waals surface area contributed by atoms with Crippen molar-refractivity contribution in [3.63, 3.8) is 0 Å². The minimum absolute atomic E-state index is 0.0614. The van der Waals surface area contributed by atoms with E-state index in [1.165, 1.54) is 0 Å². The van der Waals surface area contributed by atoms with Gasteiger partial charge in [0.15, 0.2) is 23.0 Å². The van der Waals surface area contributed by atoms with Gasteiger partial charge in [0.05, 0.1) is 5.56 Å². The first-order valence-electron chi connectivity index (χ1n) is 15.3. The summed E-state index contributed by atoms with van der Waals surface area (Å²) in [6.45, 7) is 0. The van der Waals surface area contributed by atoms with Crippen molar-refractivity contribution in [3.05, 3.63) is 151 Å². The second-order valence-electron chi connectivity index (χ2n) is 11.5. The Kier molecular flexibility index (Phi) is 6.69. The van der Waals surface area contributed by atoms with Crippen LogP contribution in [0.2, 0.25) is 0 Å². The monoisotopic (exact) mass is 615 g/mol. The number of allylic oxidation sites excluding steroid dienone is 4. The van der Waals surface area contributed by atoms with Crippen LogP contribution in [0.15, 0.2) is 150 Å². The number of fused-ring (bicyclic) bond motifs is 3. The summed E-state index contributed by atoms with van der Waals surface area (Å²) in [5, 5.41) is 47.5. The highest BCUT2D eigenvalue weighted by Crippen LogP contribution is 2.58. The zero-order valence-electron chi connectivity index (χ0n) is 25.1. The third-order valence-corrected chi connectivity index (χ3v) is 8.78. The molecule has 0 radical (unpaired) electrons. The van der Waals surface area contributed by atoms with Crippen LogP contribution in [0.4, 0.5) is 17.1 Å². The summed E-state index contributed by atoms with van der Waals surface area (Å²) in [4.78, 5) is 1.62. The quantitative estimate of drug-likeness (QED) is 0.110. The van der Waals surface area contributed by atoms with Gasteiger partial charge in [0, 0.05) is 33.6 Å². The molecule has 0 amide bonds. The number of nitrogens with zero attached hydrogens (tertiary/aromatic N) is 1. The molecule has 4 N–H and O–H groups in total. The Hall–Kier alpha value is -6.40. The van der Waals surface area contributed by atoms with Gasteiger partial charge >= 0.3 is 0 Å². The van der Waals surface area contributed by atoms with Gasteiger partial charge in [-0.1, -0.05) is 115 Å². The molecule has 6 nitrogen and oxygen atoms in total. The predicted octanol–water partition coefficient (Wildman–Crippen LogP) is 10.4. The number of hydrogen-bond acceptors (Lipinski definition) is 6. The maximum Gasteiger partial charge on any atom is 0.186 e. The largest absolute Gasteiger partial charge is 0.504 e. The molecule has 1 aliphatic rings. The molecular weight excluding hydrogens is 586 g/mol. The Morgan fingerprint density at radius 3 is 1.79 bits per heavy atom. The molecule has 6 aromatic carbocycles. The summed E-state index contributed by atoms with van der Waals surface area (Å²) in [5.74, 6) is -2.07. The molecule has 228 valence electrons. The molecule has 0 atom stereocenters. The Morgan fingerprint density at radius 1 is 0.511 bits per heavy atom. The van der Waals surface area contributed by atoms with Gasteiger partial charge in [-0.25, -0.2) is 0 Å². The molecule has 7 aromatic rings. The van der Waals surface area contributed by atoms with Crippen LogP contribution in [0.3, 0.4) is 0 Å². The minimum atomic E-state index is -0.569. The molecule has 0 fully saturated rings. The maximum atomic E-state index is 11.5. The lowest BCUT2D eigenvalue weighted by molar-refractivity contribution is 0.377. The fourth-order valence-corrected chi connectivity index (χ4v) is 6.45. The molecule has 0 bridgehead atoms. The van der Waals surface area contributed by atoms with E-state index in [4.69, 9.17) is 4.42 Å². The lowest BCUT2D eigenvalue weighted by Crippen LogP contribution is -2.11. The average molecular weight is 616 g/mol. The third kappa shape index (κ3) is 4.66. The van der Waals surface area contributed by atoms with Gasteiger partial charge in [0.2, 0.25) is 0 Å². The molecule has 0 saturated heterocycles. The highest BCUT2D eigenvalue weighted by atomic mass is 16.3. The molecule has 0 unspecified atom stereocenters. The van der Waals surface area contributed by atoms with Gasteiger partial charge in [0.25, 0.3) is 0 Å². The van der Waals surface area contributed by atoms with Crippen molar-refractivity contribution in [1.82, 2.24) is 0 Å². The lowest BCUT2D eigenvalue weighted by Gasteiger charge is -2.28. The zero-order chi connectivity index (χ0) is 32.1. The first-order chi connectivity index (χ1) is 23.0. The molecule has 8 rings (SSSR count). The van der Waals surface area contributed by atoms with Crippen molar-refractivity contribution in [2.45, 2.75) is 5.92 Å². The van der Waals surface area contributed by atoms with Gasteiger partial charge in [0.1, 0.15) is 16.9 Å². The van der Waals surface area contributed by atoms with E-state index < -0.39 is 23.0 Å². The first-order valence-corrected chi connectivity index (χ1v) is 15.3. The average Bonchev–Trinajstić information content (AvgIpc) is 3.79. The topological polar surface area (TPSA) is 97.3 Å². The fraction of sp³-hybridized carbons (Fsp3) is 0.0244. The molecule has 47 heavy (non-hydrogen) atoms. The zero-order valence-corrected chi connectivity index (χ0v) is 25.1. The second kappa shape index (κ2) is 11.2. The van der Waals surface area contributed by atoms with Crippen LogP contribution in [0.1, 0.15) is 11.5 Å². The van der Waals surface area contributed by atoms with Crippen molar-refractivity contribution in [2.24, 2.45) is 0 Å². The van der Waals surface area contributed by atoms with Gasteiger partial charge < -0.3 is 29.7 Å². The van der Waals surface area contributed by atoms with Crippen molar-refractivity contribution in [1.29, 1.82) is 0 Å². The van der Waals surface area contributed by atoms with Crippen LogP contribution < -0.4 is 4.90 Å². The molecular formula is C41H29NO5. The smallest absolute Gasteiger partial charge is 0.186 e. The van der Waals surface area contributed by atoms with Gasteiger partial charge in [-0.15, -0.1) is 0 Å². The van der Waals surface area contributed by atoms with E-state index in [-0.39, 0.29) is 17.2 Å². The normalized spacial score (nSPS) is 12.8. The van der Waals surface area contributed by atoms with Crippen LogP contribution in [0, 0.1) is 0 Å². The fourth-order valence-electron chi connectivity index (χ4n) is 6.45. The van der Waals surface area contributed by atoms with E-state index in [9.17, 15) is 20.4 Å². The van der Waals surface area contributed by atoms with Crippen molar-refractivity contribution in [2.75, 3.05) is 4.90 Å². The number of phenols is 4. The van der Waals surface area contributed by atoms with E-state index in [0.717, 1.165) is 38.6 Å². The SMILES string of the molecule is Oc1c(O)c(N(c2ccc(-c3cccc4c3oc3ccccc34)cc2)c2ccc(C3C=CC=C3)cc2)c(O)c(O)c1-c1ccccc1. The summed E-state index contributed by atoms with van der Waals surface area (Å²) in [5.41, 5.74) is 5.91. The number of rotatable bonds is 6. The molecule has 1 heterocycles. The molecule has 0 saturated carbocycles. The van der Waals surface area contributed by atoms with Gasteiger partial charge in [-0.05, 0) is 47.0 Å². The molecule has 6 heteroatoms. The standard InChI is InChI=1S/C41H29NO5/c43-37-35(28-11-2-1-3-12-28)38(44)40(46)36(39(37)45)42(29-21-17-26(18-22-29)25-9-4-5-10-25)30-23-19-27(20-24-30)31-14-8-15-33-32-13-6-7-16-34(32)47-41(31)33/h1-25,43-46H. The van der Waals surface area contributed by atoms with Crippen LogP contribution in [-0.4, -0.2) is 20.4 Å². The summed E-state index contributed by atoms with van der Waals surface area (Å²) < 4.78 is 6.27. The number of hydrogen-bond donors (Lipinski definition) is 4. The summed E-state index contributed by atoms with van der Waals surface area (Å²) >= 11 is 0. The number of benzene rings is 6. The first kappa shape index (κ1) is 28.1. The number of aromatic hydroxyl groups is 4. The molecule has 0 aliphatic heterocycles. The van der Waals surface area contributed by atoms with E-state index >= 15 is 0 Å². The number of phenolic OH excluding ortho intramolecular Hbond substituents is 4. The maximum absolute atomic E-state index is 11.5. The highest BCUT2D eigenvalue weighted by Gasteiger charge is 2.30. The van der Waals surface area contributed by atoms with E-state index in [2.05, 4.69) is 12.2 Å². The van der Waals surface area contributed by atoms with E-state index in [0.29, 0.717) is 16.9 Å². The summed E-state index contributed by atoms with van der Waals surface area (Å²) in [7, 11) is 0. The number of para-hydroxylation sites is 2. The van der Waals surface area contributed by atoms with Crippen molar-refractivity contribution in [3.8, 4) is 45.3 Å². The molecule has 1 aliphatic carbocycles. The second-order valence-corrected chi connectivity index (χ2v) is 11.5. The van der Waals surface area contributed by atoms with Crippen LogP contribution in [0.5, 0.6) is 23.0 Å². The van der Waals surface area contributed by atoms with Crippen LogP contribution in [-0.2, 0) is 0 Å². The summed E-state index contributed by atoms with van der Waals surface area (Å²) in [6.07, 6.45) is 8.22. The Morgan fingerprint density at radius 2 is 1.11 bits per heavy atom. The lowest BCUT2D eigenvalue weighted by atomic mass is 9.98. The number of furan rings is 1. The van der Waals surface area contributed by atoms with Crippen LogP contribution >= 0.6 is 0 Å². The molecule has 1 aromatic heterocycles. The summed E-state index contributed by atoms with van der Waals surface area (Å²) in [6, 6.07) is 38.0. The van der Waals surface area contributed by atoms with E-state index in [1.807, 2.05) is 103 Å². The number of anilines is 3. The Labute approximate surface area is 270 Å². The Balaban J connectivity index is 1.27. The van der Waals surface area contributed by atoms with Crippen molar-refractivity contribution >= 4 is 39.0 Å². The predicted molar refractivity (Wildman–Crippen MR) is 187 cm³/mol. The minimum Gasteiger partial charge on any atom is -0.504 e. The van der Waals surface area contributed by atoms with Crippen LogP contribution in [0.25, 0.3) is 44.2 Å². The highest BCUT2D eigenvalue weighted by molar-refractivity contribution is 6.09. The van der Waals surface area contributed by atoms with Gasteiger partial charge in [-0.2, -0.15) is 0 Å². The third-order valence-electron chi connectivity index (χ3n) is 8.78. The van der Waals surface area contributed by atoms with Gasteiger partial charge in [-0.3, -0.25) is 0 Å². The van der Waals surface area contributed by atoms with E-state index in [1.54, 1.807) is 35.2 Å². The Bertz CT molecular complexity index is 2290. The van der Waals surface area contributed by atoms with Crippen molar-refractivity contribution < 1.29 is 24.8 Å².